The maximum atomic E-state index is 9.07. The summed E-state index contributed by atoms with van der Waals surface area (Å²) in [4.78, 5) is 0. The Morgan fingerprint density at radius 3 is 2.60 bits per heavy atom. The van der Waals surface area contributed by atoms with Crippen LogP contribution < -0.4 is 14.8 Å². The number of rotatable bonds is 9. The van der Waals surface area contributed by atoms with Gasteiger partial charge in [-0.2, -0.15) is 0 Å². The molecule has 20 heavy (non-hydrogen) atoms. The molecule has 0 aliphatic rings. The lowest BCUT2D eigenvalue weighted by atomic mass is 10.1. The standard InChI is InChI=1S/C16H27NO3/c1-12(2)8-17-9-14-5-6-15(19-4)7-16(14)20-11-13(3)10-18/h5-7,12-13,17-18H,8-11H2,1-4H3. The van der Waals surface area contributed by atoms with Crippen LogP contribution in [0.25, 0.3) is 0 Å². The second-order valence-electron chi connectivity index (χ2n) is 5.60. The molecule has 0 heterocycles. The first-order valence-electron chi connectivity index (χ1n) is 7.18. The first-order valence-corrected chi connectivity index (χ1v) is 7.18. The molecule has 1 rings (SSSR count). The molecule has 0 saturated carbocycles. The monoisotopic (exact) mass is 281 g/mol. The Morgan fingerprint density at radius 1 is 1.25 bits per heavy atom. The van der Waals surface area contributed by atoms with Crippen molar-refractivity contribution in [1.29, 1.82) is 0 Å². The Labute approximate surface area is 122 Å². The van der Waals surface area contributed by atoms with Gasteiger partial charge in [0.15, 0.2) is 0 Å². The number of nitrogens with one attached hydrogen (secondary N) is 1. The van der Waals surface area contributed by atoms with Crippen molar-refractivity contribution in [2.75, 3.05) is 26.9 Å². The molecule has 1 unspecified atom stereocenters. The summed E-state index contributed by atoms with van der Waals surface area (Å²) in [7, 11) is 1.64. The van der Waals surface area contributed by atoms with E-state index in [0.29, 0.717) is 12.5 Å². The zero-order valence-corrected chi connectivity index (χ0v) is 13.0. The predicted molar refractivity (Wildman–Crippen MR) is 81.3 cm³/mol. The summed E-state index contributed by atoms with van der Waals surface area (Å²) in [5.74, 6) is 2.34. The average molecular weight is 281 g/mol. The van der Waals surface area contributed by atoms with E-state index in [4.69, 9.17) is 14.6 Å². The molecule has 0 aromatic heterocycles. The molecule has 0 bridgehead atoms. The van der Waals surface area contributed by atoms with Gasteiger partial charge in [0.1, 0.15) is 11.5 Å². The first kappa shape index (κ1) is 16.8. The molecule has 4 nitrogen and oxygen atoms in total. The minimum Gasteiger partial charge on any atom is -0.497 e. The highest BCUT2D eigenvalue weighted by Gasteiger charge is 2.08. The van der Waals surface area contributed by atoms with E-state index in [2.05, 4.69) is 19.2 Å². The average Bonchev–Trinajstić information content (AvgIpc) is 2.45. The molecular weight excluding hydrogens is 254 g/mol. The lowest BCUT2D eigenvalue weighted by Crippen LogP contribution is -2.20. The highest BCUT2D eigenvalue weighted by atomic mass is 16.5. The lowest BCUT2D eigenvalue weighted by molar-refractivity contribution is 0.173. The van der Waals surface area contributed by atoms with Crippen molar-refractivity contribution in [3.63, 3.8) is 0 Å². The van der Waals surface area contributed by atoms with Gasteiger partial charge in [-0.05, 0) is 18.5 Å². The highest BCUT2D eigenvalue weighted by Crippen LogP contribution is 2.25. The topological polar surface area (TPSA) is 50.7 Å². The van der Waals surface area contributed by atoms with Crippen LogP contribution in [-0.4, -0.2) is 32.0 Å². The van der Waals surface area contributed by atoms with E-state index in [1.54, 1.807) is 7.11 Å². The van der Waals surface area contributed by atoms with Gasteiger partial charge < -0.3 is 19.9 Å². The van der Waals surface area contributed by atoms with E-state index in [-0.39, 0.29) is 12.5 Å². The number of aliphatic hydroxyl groups excluding tert-OH is 1. The van der Waals surface area contributed by atoms with Crippen molar-refractivity contribution in [3.8, 4) is 11.5 Å². The number of methoxy groups -OCH3 is 1. The van der Waals surface area contributed by atoms with Gasteiger partial charge in [0.2, 0.25) is 0 Å². The van der Waals surface area contributed by atoms with Crippen molar-refractivity contribution in [3.05, 3.63) is 23.8 Å². The largest absolute Gasteiger partial charge is 0.497 e. The van der Waals surface area contributed by atoms with Crippen LogP contribution >= 0.6 is 0 Å². The molecule has 2 N–H and O–H groups in total. The van der Waals surface area contributed by atoms with E-state index in [1.165, 1.54) is 0 Å². The molecule has 0 aliphatic heterocycles. The van der Waals surface area contributed by atoms with Crippen LogP contribution in [0, 0.1) is 11.8 Å². The quantitative estimate of drug-likeness (QED) is 0.730. The molecule has 0 amide bonds. The van der Waals surface area contributed by atoms with Crippen molar-refractivity contribution in [1.82, 2.24) is 5.32 Å². The van der Waals surface area contributed by atoms with Crippen LogP contribution in [0.1, 0.15) is 26.3 Å². The highest BCUT2D eigenvalue weighted by molar-refractivity contribution is 5.40. The number of benzene rings is 1. The van der Waals surface area contributed by atoms with Gasteiger partial charge in [0.25, 0.3) is 0 Å². The third kappa shape index (κ3) is 5.80. The van der Waals surface area contributed by atoms with Crippen LogP contribution in [0.4, 0.5) is 0 Å². The van der Waals surface area contributed by atoms with Gasteiger partial charge in [-0.3, -0.25) is 0 Å². The third-order valence-electron chi connectivity index (χ3n) is 2.98. The fourth-order valence-corrected chi connectivity index (χ4v) is 1.72. The molecule has 0 radical (unpaired) electrons. The summed E-state index contributed by atoms with van der Waals surface area (Å²) in [6.45, 7) is 8.69. The van der Waals surface area contributed by atoms with Crippen molar-refractivity contribution in [2.45, 2.75) is 27.3 Å². The summed E-state index contributed by atoms with van der Waals surface area (Å²) < 4.78 is 11.0. The molecule has 0 fully saturated rings. The van der Waals surface area contributed by atoms with Crippen LogP contribution in [0.2, 0.25) is 0 Å². The molecular formula is C16H27NO3. The fraction of sp³-hybridized carbons (Fsp3) is 0.625. The van der Waals surface area contributed by atoms with E-state index in [0.717, 1.165) is 30.2 Å². The second-order valence-corrected chi connectivity index (χ2v) is 5.60. The number of hydrogen-bond acceptors (Lipinski definition) is 4. The van der Waals surface area contributed by atoms with Gasteiger partial charge >= 0.3 is 0 Å². The normalized spacial score (nSPS) is 12.5. The molecule has 0 aliphatic carbocycles. The molecule has 4 heteroatoms. The van der Waals surface area contributed by atoms with Crippen molar-refractivity contribution < 1.29 is 14.6 Å². The van der Waals surface area contributed by atoms with Gasteiger partial charge in [-0.15, -0.1) is 0 Å². The van der Waals surface area contributed by atoms with E-state index >= 15 is 0 Å². The summed E-state index contributed by atoms with van der Waals surface area (Å²) in [5.41, 5.74) is 1.11. The molecule has 1 atom stereocenters. The Hall–Kier alpha value is -1.26. The maximum absolute atomic E-state index is 9.07. The van der Waals surface area contributed by atoms with Crippen LogP contribution in [0.3, 0.4) is 0 Å². The smallest absolute Gasteiger partial charge is 0.127 e. The second kappa shape index (κ2) is 8.82. The summed E-state index contributed by atoms with van der Waals surface area (Å²) >= 11 is 0. The van der Waals surface area contributed by atoms with E-state index in [1.807, 2.05) is 25.1 Å². The minimum absolute atomic E-state index is 0.123. The Kier molecular flexibility index (Phi) is 7.41. The Balaban J connectivity index is 2.70. The number of aliphatic hydroxyl groups is 1. The lowest BCUT2D eigenvalue weighted by Gasteiger charge is -2.16. The fourth-order valence-electron chi connectivity index (χ4n) is 1.72. The van der Waals surface area contributed by atoms with Gasteiger partial charge in [-0.1, -0.05) is 26.8 Å². The van der Waals surface area contributed by atoms with E-state index in [9.17, 15) is 0 Å². The number of ether oxygens (including phenoxy) is 2. The van der Waals surface area contributed by atoms with Gasteiger partial charge in [-0.25, -0.2) is 0 Å². The van der Waals surface area contributed by atoms with Gasteiger partial charge in [0, 0.05) is 30.7 Å². The SMILES string of the molecule is COc1ccc(CNCC(C)C)c(OCC(C)CO)c1. The molecule has 0 spiro atoms. The molecule has 114 valence electrons. The zero-order chi connectivity index (χ0) is 15.0. The van der Waals surface area contributed by atoms with Crippen LogP contribution in [0.15, 0.2) is 18.2 Å². The summed E-state index contributed by atoms with van der Waals surface area (Å²) in [5, 5.41) is 12.5. The van der Waals surface area contributed by atoms with Crippen molar-refractivity contribution >= 4 is 0 Å². The third-order valence-corrected chi connectivity index (χ3v) is 2.98. The van der Waals surface area contributed by atoms with Crippen LogP contribution in [0.5, 0.6) is 11.5 Å². The van der Waals surface area contributed by atoms with Crippen LogP contribution in [-0.2, 0) is 6.54 Å². The summed E-state index contributed by atoms with van der Waals surface area (Å²) in [6, 6.07) is 5.86. The van der Waals surface area contributed by atoms with Gasteiger partial charge in [0.05, 0.1) is 13.7 Å². The Bertz CT molecular complexity index is 393. The van der Waals surface area contributed by atoms with E-state index < -0.39 is 0 Å². The maximum Gasteiger partial charge on any atom is 0.127 e. The molecule has 0 saturated heterocycles. The Morgan fingerprint density at radius 2 is 2.00 bits per heavy atom. The van der Waals surface area contributed by atoms with Crippen molar-refractivity contribution in [2.24, 2.45) is 11.8 Å². The minimum atomic E-state index is 0.123. The number of hydrogen-bond donors (Lipinski definition) is 2. The first-order chi connectivity index (χ1) is 9.56. The summed E-state index contributed by atoms with van der Waals surface area (Å²) in [6.07, 6.45) is 0. The predicted octanol–water partition coefficient (Wildman–Crippen LogP) is 2.45. The zero-order valence-electron chi connectivity index (χ0n) is 13.0. The molecule has 1 aromatic carbocycles. The molecule has 1 aromatic rings.